The summed E-state index contributed by atoms with van der Waals surface area (Å²) in [5.74, 6) is -1.41. The summed E-state index contributed by atoms with van der Waals surface area (Å²) in [6.07, 6.45) is 6.75. The highest BCUT2D eigenvalue weighted by molar-refractivity contribution is 6.07. The van der Waals surface area contributed by atoms with Crippen molar-refractivity contribution in [2.45, 2.75) is 44.4 Å². The Morgan fingerprint density at radius 2 is 2.04 bits per heavy atom. The van der Waals surface area contributed by atoms with Crippen LogP contribution in [0.25, 0.3) is 10.9 Å². The average molecular weight is 385 g/mol. The number of nitrogens with one attached hydrogen (secondary N) is 1. The molecule has 1 fully saturated rings. The lowest BCUT2D eigenvalue weighted by Crippen LogP contribution is -2.45. The monoisotopic (exact) mass is 385 g/mol. The van der Waals surface area contributed by atoms with E-state index in [2.05, 4.69) is 10.3 Å². The number of benzene rings is 1. The van der Waals surface area contributed by atoms with Crippen molar-refractivity contribution >= 4 is 16.8 Å². The van der Waals surface area contributed by atoms with Crippen molar-refractivity contribution in [1.82, 2.24) is 14.9 Å². The molecule has 1 amide bonds. The molecular weight excluding hydrogens is 364 g/mol. The molecule has 7 heteroatoms. The van der Waals surface area contributed by atoms with Crippen molar-refractivity contribution in [3.63, 3.8) is 0 Å². The van der Waals surface area contributed by atoms with Crippen LogP contribution in [0, 0.1) is 11.6 Å². The summed E-state index contributed by atoms with van der Waals surface area (Å²) < 4.78 is 30.2. The Hall–Kier alpha value is -2.80. The molecule has 0 spiro atoms. The van der Waals surface area contributed by atoms with Gasteiger partial charge in [-0.15, -0.1) is 0 Å². The van der Waals surface area contributed by atoms with Gasteiger partial charge in [0, 0.05) is 23.3 Å². The lowest BCUT2D eigenvalue weighted by molar-refractivity contribution is 0.0718. The number of amides is 1. The molecule has 0 aliphatic heterocycles. The van der Waals surface area contributed by atoms with Gasteiger partial charge in [-0.1, -0.05) is 18.9 Å². The Kier molecular flexibility index (Phi) is 5.09. The molecule has 2 N–H and O–H groups in total. The molecule has 2 aromatic heterocycles. The van der Waals surface area contributed by atoms with Gasteiger partial charge in [0.2, 0.25) is 0 Å². The molecule has 1 aliphatic carbocycles. The van der Waals surface area contributed by atoms with E-state index in [9.17, 15) is 18.7 Å². The molecule has 4 rings (SSSR count). The third-order valence-electron chi connectivity index (χ3n) is 5.34. The van der Waals surface area contributed by atoms with Crippen molar-refractivity contribution in [1.29, 1.82) is 0 Å². The van der Waals surface area contributed by atoms with Gasteiger partial charge in [-0.25, -0.2) is 8.78 Å². The van der Waals surface area contributed by atoms with Crippen molar-refractivity contribution < 1.29 is 18.7 Å². The molecule has 2 atom stereocenters. The highest BCUT2D eigenvalue weighted by Crippen LogP contribution is 2.27. The van der Waals surface area contributed by atoms with E-state index in [1.54, 1.807) is 22.8 Å². The van der Waals surface area contributed by atoms with E-state index < -0.39 is 23.6 Å². The third kappa shape index (κ3) is 3.49. The third-order valence-corrected chi connectivity index (χ3v) is 5.34. The minimum absolute atomic E-state index is 0.146. The van der Waals surface area contributed by atoms with E-state index in [1.165, 1.54) is 18.5 Å². The van der Waals surface area contributed by atoms with Crippen LogP contribution in [-0.4, -0.2) is 32.7 Å². The molecular formula is C21H21F2N3O2. The molecule has 1 aliphatic rings. The molecule has 2 heterocycles. The first-order valence-corrected chi connectivity index (χ1v) is 9.39. The first-order chi connectivity index (χ1) is 13.5. The normalized spacial score (nSPS) is 19.7. The standard InChI is InChI=1S/C21H21F2N3O2/c22-15-4-3-6-18-20(15)14(21(28)25-17-5-1-2-7-19(17)27)12-26(18)11-13-8-9-24-10-16(13)23/h3-4,6,8-10,12,17,19,27H,1-2,5,7,11H2,(H,25,28)/t17-,19-/m0/s1. The van der Waals surface area contributed by atoms with Crippen LogP contribution in [0.2, 0.25) is 0 Å². The zero-order valence-electron chi connectivity index (χ0n) is 15.2. The number of fused-ring (bicyclic) bond motifs is 1. The fourth-order valence-electron chi connectivity index (χ4n) is 3.85. The predicted molar refractivity (Wildman–Crippen MR) is 101 cm³/mol. The number of halogens is 2. The van der Waals surface area contributed by atoms with Gasteiger partial charge in [0.15, 0.2) is 0 Å². The predicted octanol–water partition coefficient (Wildman–Crippen LogP) is 3.40. The Balaban J connectivity index is 1.70. The lowest BCUT2D eigenvalue weighted by atomic mass is 9.92. The molecule has 1 saturated carbocycles. The topological polar surface area (TPSA) is 67.2 Å². The fraction of sp³-hybridized carbons (Fsp3) is 0.333. The number of nitrogens with zero attached hydrogens (tertiary/aromatic N) is 2. The smallest absolute Gasteiger partial charge is 0.253 e. The molecule has 0 radical (unpaired) electrons. The van der Waals surface area contributed by atoms with Gasteiger partial charge in [0.25, 0.3) is 5.91 Å². The number of carbonyl (C=O) groups excluding carboxylic acids is 1. The number of aromatic nitrogens is 2. The van der Waals surface area contributed by atoms with E-state index in [0.717, 1.165) is 19.0 Å². The summed E-state index contributed by atoms with van der Waals surface area (Å²) in [6, 6.07) is 5.77. The lowest BCUT2D eigenvalue weighted by Gasteiger charge is -2.28. The summed E-state index contributed by atoms with van der Waals surface area (Å²) in [7, 11) is 0. The van der Waals surface area contributed by atoms with Crippen molar-refractivity contribution in [2.75, 3.05) is 0 Å². The first-order valence-electron chi connectivity index (χ1n) is 9.39. The molecule has 5 nitrogen and oxygen atoms in total. The molecule has 1 aromatic carbocycles. The molecule has 3 aromatic rings. The van der Waals surface area contributed by atoms with Crippen LogP contribution in [0.5, 0.6) is 0 Å². The van der Waals surface area contributed by atoms with Crippen LogP contribution in [0.4, 0.5) is 8.78 Å². The van der Waals surface area contributed by atoms with Crippen LogP contribution in [-0.2, 0) is 6.54 Å². The number of rotatable bonds is 4. The summed E-state index contributed by atoms with van der Waals surface area (Å²) in [5, 5.41) is 13.2. The SMILES string of the molecule is O=C(N[C@H]1CCCC[C@@H]1O)c1cn(Cc2ccncc2F)c2cccc(F)c12. The highest BCUT2D eigenvalue weighted by Gasteiger charge is 2.27. The Labute approximate surface area is 161 Å². The van der Waals surface area contributed by atoms with Crippen LogP contribution < -0.4 is 5.32 Å². The van der Waals surface area contributed by atoms with Gasteiger partial charge in [-0.2, -0.15) is 0 Å². The molecule has 28 heavy (non-hydrogen) atoms. The molecule has 0 unspecified atom stereocenters. The Morgan fingerprint density at radius 1 is 1.21 bits per heavy atom. The van der Waals surface area contributed by atoms with E-state index in [0.29, 0.717) is 23.9 Å². The number of aliphatic hydroxyl groups excluding tert-OH is 1. The Morgan fingerprint density at radius 3 is 2.82 bits per heavy atom. The van der Waals surface area contributed by atoms with Gasteiger partial charge in [0.05, 0.1) is 36.0 Å². The molecule has 146 valence electrons. The van der Waals surface area contributed by atoms with E-state index in [4.69, 9.17) is 0 Å². The van der Waals surface area contributed by atoms with E-state index >= 15 is 0 Å². The number of aliphatic hydroxyl groups is 1. The second-order valence-corrected chi connectivity index (χ2v) is 7.20. The van der Waals surface area contributed by atoms with Gasteiger partial charge in [-0.05, 0) is 31.0 Å². The van der Waals surface area contributed by atoms with Crippen molar-refractivity contribution in [3.8, 4) is 0 Å². The summed E-state index contributed by atoms with van der Waals surface area (Å²) >= 11 is 0. The summed E-state index contributed by atoms with van der Waals surface area (Å²) in [6.45, 7) is 0.146. The molecule has 0 bridgehead atoms. The second kappa shape index (κ2) is 7.67. The van der Waals surface area contributed by atoms with Crippen LogP contribution in [0.15, 0.2) is 42.9 Å². The van der Waals surface area contributed by atoms with Crippen LogP contribution in [0.3, 0.4) is 0 Å². The first kappa shape index (κ1) is 18.6. The number of hydrogen-bond acceptors (Lipinski definition) is 3. The maximum absolute atomic E-state index is 14.6. The quantitative estimate of drug-likeness (QED) is 0.723. The van der Waals surface area contributed by atoms with Gasteiger partial charge in [0.1, 0.15) is 11.6 Å². The summed E-state index contributed by atoms with van der Waals surface area (Å²) in [4.78, 5) is 16.6. The molecule has 0 saturated heterocycles. The van der Waals surface area contributed by atoms with E-state index in [1.807, 2.05) is 0 Å². The number of hydrogen-bond donors (Lipinski definition) is 2. The van der Waals surface area contributed by atoms with Crippen molar-refractivity contribution in [3.05, 3.63) is 65.6 Å². The van der Waals surface area contributed by atoms with Gasteiger partial charge in [-0.3, -0.25) is 9.78 Å². The Bertz CT molecular complexity index is 1020. The zero-order valence-corrected chi connectivity index (χ0v) is 15.2. The van der Waals surface area contributed by atoms with Gasteiger partial charge < -0.3 is 15.0 Å². The van der Waals surface area contributed by atoms with Crippen LogP contribution >= 0.6 is 0 Å². The van der Waals surface area contributed by atoms with Crippen molar-refractivity contribution in [2.24, 2.45) is 0 Å². The number of pyridine rings is 1. The second-order valence-electron chi connectivity index (χ2n) is 7.20. The van der Waals surface area contributed by atoms with Gasteiger partial charge >= 0.3 is 0 Å². The summed E-state index contributed by atoms with van der Waals surface area (Å²) in [5.41, 5.74) is 1.08. The van der Waals surface area contributed by atoms with Crippen LogP contribution in [0.1, 0.15) is 41.6 Å². The average Bonchev–Trinajstić information content (AvgIpc) is 3.05. The fourth-order valence-corrected chi connectivity index (χ4v) is 3.85. The minimum atomic E-state index is -0.596. The maximum atomic E-state index is 14.6. The maximum Gasteiger partial charge on any atom is 0.253 e. The zero-order chi connectivity index (χ0) is 19.7. The minimum Gasteiger partial charge on any atom is -0.391 e. The van der Waals surface area contributed by atoms with E-state index in [-0.39, 0.29) is 23.5 Å². The number of carbonyl (C=O) groups is 1. The largest absolute Gasteiger partial charge is 0.391 e. The highest BCUT2D eigenvalue weighted by atomic mass is 19.1.